The van der Waals surface area contributed by atoms with E-state index in [1.807, 2.05) is 11.3 Å². The molecule has 0 aliphatic heterocycles. The van der Waals surface area contributed by atoms with Crippen LogP contribution in [0.3, 0.4) is 0 Å². The third kappa shape index (κ3) is 4.45. The number of nitrogens with zero attached hydrogens (tertiary/aromatic N) is 2. The molecule has 1 fully saturated rings. The molecule has 0 bridgehead atoms. The minimum atomic E-state index is 0.529. The van der Waals surface area contributed by atoms with Crippen molar-refractivity contribution in [3.05, 3.63) is 10.6 Å². The van der Waals surface area contributed by atoms with Gasteiger partial charge in [-0.1, -0.05) is 19.8 Å². The number of thiazole rings is 1. The fraction of sp³-hybridized carbons (Fsp3) is 0.812. The lowest BCUT2D eigenvalue weighted by Crippen LogP contribution is -2.31. The van der Waals surface area contributed by atoms with Gasteiger partial charge in [0.1, 0.15) is 0 Å². The van der Waals surface area contributed by atoms with E-state index in [0.29, 0.717) is 6.04 Å². The molecule has 1 aromatic heterocycles. The number of rotatable bonds is 9. The summed E-state index contributed by atoms with van der Waals surface area (Å²) in [6, 6.07) is 1.30. The van der Waals surface area contributed by atoms with Crippen molar-refractivity contribution >= 4 is 16.5 Å². The maximum absolute atomic E-state index is 4.81. The third-order valence-electron chi connectivity index (χ3n) is 3.88. The summed E-state index contributed by atoms with van der Waals surface area (Å²) in [6.45, 7) is 11.1. The molecular formula is C16H29N3S. The van der Waals surface area contributed by atoms with Crippen molar-refractivity contribution < 1.29 is 0 Å². The van der Waals surface area contributed by atoms with E-state index in [1.165, 1.54) is 47.8 Å². The van der Waals surface area contributed by atoms with Crippen molar-refractivity contribution in [2.75, 3.05) is 11.4 Å². The molecule has 1 aliphatic rings. The van der Waals surface area contributed by atoms with Crippen LogP contribution in [0.25, 0.3) is 0 Å². The lowest BCUT2D eigenvalue weighted by atomic mass is 10.2. The largest absolute Gasteiger partial charge is 0.346 e. The number of nitrogens with one attached hydrogen (secondary N) is 1. The van der Waals surface area contributed by atoms with E-state index < -0.39 is 0 Å². The molecule has 0 radical (unpaired) electrons. The molecule has 0 spiro atoms. The predicted octanol–water partition coefficient (Wildman–Crippen LogP) is 4.11. The van der Waals surface area contributed by atoms with Crippen LogP contribution in [0.4, 0.5) is 5.13 Å². The molecule has 1 aliphatic carbocycles. The minimum Gasteiger partial charge on any atom is -0.346 e. The summed E-state index contributed by atoms with van der Waals surface area (Å²) < 4.78 is 0. The monoisotopic (exact) mass is 295 g/mol. The van der Waals surface area contributed by atoms with E-state index in [2.05, 4.69) is 37.9 Å². The SMILES string of the molecule is CCCCCN(c1nc(C)c(CNC2CC2)s1)C(C)C. The van der Waals surface area contributed by atoms with Crippen LogP contribution in [-0.4, -0.2) is 23.6 Å². The molecule has 1 N–H and O–H groups in total. The summed E-state index contributed by atoms with van der Waals surface area (Å²) in [5, 5.41) is 4.81. The van der Waals surface area contributed by atoms with Crippen LogP contribution < -0.4 is 10.2 Å². The molecular weight excluding hydrogens is 266 g/mol. The molecule has 0 saturated heterocycles. The second-order valence-corrected chi connectivity index (χ2v) is 7.22. The van der Waals surface area contributed by atoms with Gasteiger partial charge in [-0.05, 0) is 40.0 Å². The van der Waals surface area contributed by atoms with Gasteiger partial charge < -0.3 is 10.2 Å². The Balaban J connectivity index is 1.97. The van der Waals surface area contributed by atoms with Gasteiger partial charge >= 0.3 is 0 Å². The number of hydrogen-bond donors (Lipinski definition) is 1. The first-order valence-electron chi connectivity index (χ1n) is 8.08. The highest BCUT2D eigenvalue weighted by molar-refractivity contribution is 7.15. The molecule has 114 valence electrons. The first-order chi connectivity index (χ1) is 9.61. The Kier molecular flexibility index (Phi) is 5.85. The van der Waals surface area contributed by atoms with Crippen molar-refractivity contribution in [2.24, 2.45) is 0 Å². The number of aromatic nitrogens is 1. The Bertz CT molecular complexity index is 410. The normalized spacial score (nSPS) is 15.1. The Morgan fingerprint density at radius 1 is 1.35 bits per heavy atom. The van der Waals surface area contributed by atoms with E-state index >= 15 is 0 Å². The van der Waals surface area contributed by atoms with Crippen LogP contribution in [0.1, 0.15) is 63.4 Å². The molecule has 4 heteroatoms. The smallest absolute Gasteiger partial charge is 0.186 e. The van der Waals surface area contributed by atoms with E-state index in [9.17, 15) is 0 Å². The summed E-state index contributed by atoms with van der Waals surface area (Å²) in [6.07, 6.45) is 6.55. The van der Waals surface area contributed by atoms with Crippen molar-refractivity contribution in [3.63, 3.8) is 0 Å². The lowest BCUT2D eigenvalue weighted by Gasteiger charge is -2.26. The zero-order chi connectivity index (χ0) is 14.5. The van der Waals surface area contributed by atoms with Gasteiger partial charge in [0.05, 0.1) is 5.69 Å². The number of hydrogen-bond acceptors (Lipinski definition) is 4. The highest BCUT2D eigenvalue weighted by atomic mass is 32.1. The summed E-state index contributed by atoms with van der Waals surface area (Å²) in [5.74, 6) is 0. The van der Waals surface area contributed by atoms with Gasteiger partial charge in [0.15, 0.2) is 5.13 Å². The summed E-state index contributed by atoms with van der Waals surface area (Å²) >= 11 is 1.88. The van der Waals surface area contributed by atoms with Crippen molar-refractivity contribution in [1.29, 1.82) is 0 Å². The van der Waals surface area contributed by atoms with Gasteiger partial charge in [0.2, 0.25) is 0 Å². The standard InChI is InChI=1S/C16H29N3S/c1-5-6-7-10-19(12(2)3)16-18-13(4)15(20-16)11-17-14-8-9-14/h12,14,17H,5-11H2,1-4H3. The number of aryl methyl sites for hydroxylation is 1. The predicted molar refractivity (Wildman–Crippen MR) is 88.7 cm³/mol. The quantitative estimate of drug-likeness (QED) is 0.695. The van der Waals surface area contributed by atoms with Gasteiger partial charge in [-0.25, -0.2) is 4.98 Å². The minimum absolute atomic E-state index is 0.529. The van der Waals surface area contributed by atoms with E-state index in [0.717, 1.165) is 19.1 Å². The molecule has 1 aromatic rings. The molecule has 20 heavy (non-hydrogen) atoms. The lowest BCUT2D eigenvalue weighted by molar-refractivity contribution is 0.624. The van der Waals surface area contributed by atoms with Gasteiger partial charge in [-0.15, -0.1) is 11.3 Å². The molecule has 0 unspecified atom stereocenters. The number of unbranched alkanes of at least 4 members (excludes halogenated alkanes) is 2. The molecule has 0 aromatic carbocycles. The van der Waals surface area contributed by atoms with Crippen molar-refractivity contribution in [3.8, 4) is 0 Å². The summed E-state index contributed by atoms with van der Waals surface area (Å²) in [4.78, 5) is 8.69. The number of anilines is 1. The zero-order valence-corrected chi connectivity index (χ0v) is 14.2. The van der Waals surface area contributed by atoms with Crippen LogP contribution in [0.5, 0.6) is 0 Å². The molecule has 0 atom stereocenters. The average Bonchev–Trinajstić information content (AvgIpc) is 3.16. The Labute approximate surface area is 127 Å². The van der Waals surface area contributed by atoms with E-state index in [1.54, 1.807) is 0 Å². The van der Waals surface area contributed by atoms with Crippen molar-refractivity contribution in [2.45, 2.75) is 78.4 Å². The van der Waals surface area contributed by atoms with Crippen LogP contribution in [0.2, 0.25) is 0 Å². The maximum atomic E-state index is 4.81. The second-order valence-electron chi connectivity index (χ2n) is 6.15. The third-order valence-corrected chi connectivity index (χ3v) is 5.08. The van der Waals surface area contributed by atoms with Crippen molar-refractivity contribution in [1.82, 2.24) is 10.3 Å². The Morgan fingerprint density at radius 3 is 2.70 bits per heavy atom. The zero-order valence-electron chi connectivity index (χ0n) is 13.4. The molecule has 0 amide bonds. The Morgan fingerprint density at radius 2 is 2.10 bits per heavy atom. The highest BCUT2D eigenvalue weighted by Gasteiger charge is 2.22. The topological polar surface area (TPSA) is 28.2 Å². The van der Waals surface area contributed by atoms with Crippen LogP contribution in [0, 0.1) is 6.92 Å². The Hall–Kier alpha value is -0.610. The fourth-order valence-electron chi connectivity index (χ4n) is 2.33. The molecule has 1 saturated carbocycles. The summed E-state index contributed by atoms with van der Waals surface area (Å²) in [5.41, 5.74) is 1.21. The van der Waals surface area contributed by atoms with Crippen LogP contribution >= 0.6 is 11.3 Å². The average molecular weight is 295 g/mol. The van der Waals surface area contributed by atoms with Gasteiger partial charge in [-0.2, -0.15) is 0 Å². The van der Waals surface area contributed by atoms with E-state index in [4.69, 9.17) is 4.98 Å². The second kappa shape index (κ2) is 7.41. The van der Waals surface area contributed by atoms with Gasteiger partial charge in [0.25, 0.3) is 0 Å². The van der Waals surface area contributed by atoms with Crippen LogP contribution in [0.15, 0.2) is 0 Å². The highest BCUT2D eigenvalue weighted by Crippen LogP contribution is 2.29. The first-order valence-corrected chi connectivity index (χ1v) is 8.89. The van der Waals surface area contributed by atoms with Crippen LogP contribution in [-0.2, 0) is 6.54 Å². The molecule has 1 heterocycles. The molecule has 2 rings (SSSR count). The first kappa shape index (κ1) is 15.8. The molecule has 3 nitrogen and oxygen atoms in total. The fourth-order valence-corrected chi connectivity index (χ4v) is 3.50. The van der Waals surface area contributed by atoms with Gasteiger partial charge in [0, 0.05) is 30.1 Å². The maximum Gasteiger partial charge on any atom is 0.186 e. The van der Waals surface area contributed by atoms with E-state index in [-0.39, 0.29) is 0 Å². The summed E-state index contributed by atoms with van der Waals surface area (Å²) in [7, 11) is 0. The van der Waals surface area contributed by atoms with Gasteiger partial charge in [-0.3, -0.25) is 0 Å².